The molecular formula is C15H14ClFN2O. The lowest BCUT2D eigenvalue weighted by atomic mass is 10.1. The molecule has 0 aliphatic carbocycles. The molecule has 5 heteroatoms. The van der Waals surface area contributed by atoms with Crippen LogP contribution >= 0.6 is 11.6 Å². The molecule has 20 heavy (non-hydrogen) atoms. The fourth-order valence-electron chi connectivity index (χ4n) is 1.84. The number of nitrogens with two attached hydrogens (primary N) is 1. The van der Waals surface area contributed by atoms with Gasteiger partial charge in [-0.25, -0.2) is 4.39 Å². The summed E-state index contributed by atoms with van der Waals surface area (Å²) in [6, 6.07) is 9.54. The van der Waals surface area contributed by atoms with Crippen LogP contribution in [0.25, 0.3) is 0 Å². The largest absolute Gasteiger partial charge is 0.488 e. The van der Waals surface area contributed by atoms with Crippen LogP contribution in [0.3, 0.4) is 0 Å². The molecular weight excluding hydrogens is 279 g/mol. The lowest BCUT2D eigenvalue weighted by Gasteiger charge is -2.13. The molecule has 2 rings (SSSR count). The summed E-state index contributed by atoms with van der Waals surface area (Å²) in [4.78, 5) is 0. The molecule has 0 spiro atoms. The van der Waals surface area contributed by atoms with Crippen molar-refractivity contribution in [2.75, 3.05) is 0 Å². The molecule has 0 aliphatic rings. The Bertz CT molecular complexity index is 658. The van der Waals surface area contributed by atoms with Gasteiger partial charge >= 0.3 is 0 Å². The van der Waals surface area contributed by atoms with E-state index < -0.39 is 0 Å². The SMILES string of the molecule is Cc1ccc(F)cc1COc1cccc(Cl)c1C(=N)N. The Hall–Kier alpha value is -2.07. The van der Waals surface area contributed by atoms with Gasteiger partial charge in [-0.05, 0) is 42.3 Å². The van der Waals surface area contributed by atoms with Crippen LogP contribution in [0.15, 0.2) is 36.4 Å². The molecule has 0 heterocycles. The number of aryl methyl sites for hydroxylation is 1. The second-order valence-electron chi connectivity index (χ2n) is 4.39. The van der Waals surface area contributed by atoms with Gasteiger partial charge < -0.3 is 10.5 Å². The molecule has 0 aromatic heterocycles. The van der Waals surface area contributed by atoms with Gasteiger partial charge in [-0.3, -0.25) is 5.41 Å². The number of amidine groups is 1. The number of nitrogens with one attached hydrogen (secondary N) is 1. The predicted molar refractivity (Wildman–Crippen MR) is 77.9 cm³/mol. The molecule has 3 nitrogen and oxygen atoms in total. The lowest BCUT2D eigenvalue weighted by molar-refractivity contribution is 0.304. The minimum atomic E-state index is -0.313. The normalized spacial score (nSPS) is 10.3. The van der Waals surface area contributed by atoms with E-state index in [1.165, 1.54) is 12.1 Å². The number of benzene rings is 2. The van der Waals surface area contributed by atoms with Crippen LogP contribution in [0.1, 0.15) is 16.7 Å². The van der Waals surface area contributed by atoms with Crippen LogP contribution in [-0.4, -0.2) is 5.84 Å². The van der Waals surface area contributed by atoms with Gasteiger partial charge in [0.05, 0.1) is 10.6 Å². The van der Waals surface area contributed by atoms with Crippen molar-refractivity contribution < 1.29 is 9.13 Å². The molecule has 0 saturated carbocycles. The number of hydrogen-bond donors (Lipinski definition) is 2. The molecule has 0 atom stereocenters. The molecule has 3 N–H and O–H groups in total. The van der Waals surface area contributed by atoms with Gasteiger partial charge in [-0.15, -0.1) is 0 Å². The van der Waals surface area contributed by atoms with Gasteiger partial charge in [0, 0.05) is 0 Å². The van der Waals surface area contributed by atoms with E-state index in [2.05, 4.69) is 0 Å². The zero-order chi connectivity index (χ0) is 14.7. The summed E-state index contributed by atoms with van der Waals surface area (Å²) in [5.41, 5.74) is 7.51. The maximum Gasteiger partial charge on any atom is 0.132 e. The summed E-state index contributed by atoms with van der Waals surface area (Å²) in [6.45, 7) is 2.06. The molecule has 0 bridgehead atoms. The lowest BCUT2D eigenvalue weighted by Crippen LogP contribution is -2.14. The van der Waals surface area contributed by atoms with Crippen LogP contribution < -0.4 is 10.5 Å². The average molecular weight is 293 g/mol. The van der Waals surface area contributed by atoms with E-state index in [0.717, 1.165) is 11.1 Å². The van der Waals surface area contributed by atoms with E-state index >= 15 is 0 Å². The van der Waals surface area contributed by atoms with Crippen molar-refractivity contribution in [1.29, 1.82) is 5.41 Å². The van der Waals surface area contributed by atoms with Crippen molar-refractivity contribution in [3.8, 4) is 5.75 Å². The maximum absolute atomic E-state index is 13.2. The average Bonchev–Trinajstić information content (AvgIpc) is 2.39. The van der Waals surface area contributed by atoms with E-state index in [-0.39, 0.29) is 18.3 Å². The Morgan fingerprint density at radius 2 is 2.10 bits per heavy atom. The summed E-state index contributed by atoms with van der Waals surface area (Å²) in [7, 11) is 0. The summed E-state index contributed by atoms with van der Waals surface area (Å²) in [5, 5.41) is 7.88. The van der Waals surface area contributed by atoms with Gasteiger partial charge in [-0.2, -0.15) is 0 Å². The van der Waals surface area contributed by atoms with Crippen molar-refractivity contribution in [1.82, 2.24) is 0 Å². The third kappa shape index (κ3) is 3.08. The number of rotatable bonds is 4. The predicted octanol–water partition coefficient (Wildman–Crippen LogP) is 3.65. The van der Waals surface area contributed by atoms with Crippen molar-refractivity contribution in [3.05, 3.63) is 63.9 Å². The van der Waals surface area contributed by atoms with E-state index in [0.29, 0.717) is 16.3 Å². The minimum absolute atomic E-state index is 0.165. The third-order valence-corrected chi connectivity index (χ3v) is 3.25. The molecule has 104 valence electrons. The van der Waals surface area contributed by atoms with Crippen molar-refractivity contribution in [2.45, 2.75) is 13.5 Å². The second kappa shape index (κ2) is 5.92. The Balaban J connectivity index is 2.25. The van der Waals surface area contributed by atoms with Gasteiger partial charge in [0.1, 0.15) is 24.0 Å². The molecule has 2 aromatic rings. The fraction of sp³-hybridized carbons (Fsp3) is 0.133. The third-order valence-electron chi connectivity index (χ3n) is 2.94. The number of ether oxygens (including phenoxy) is 1. The van der Waals surface area contributed by atoms with Gasteiger partial charge in [0.15, 0.2) is 0 Å². The highest BCUT2D eigenvalue weighted by Crippen LogP contribution is 2.27. The quantitative estimate of drug-likeness (QED) is 0.667. The van der Waals surface area contributed by atoms with Crippen LogP contribution in [0.4, 0.5) is 4.39 Å². The topological polar surface area (TPSA) is 59.1 Å². The fourth-order valence-corrected chi connectivity index (χ4v) is 2.10. The van der Waals surface area contributed by atoms with E-state index in [4.69, 9.17) is 27.5 Å². The summed E-state index contributed by atoms with van der Waals surface area (Å²) >= 11 is 6.00. The standard InChI is InChI=1S/C15H14ClFN2O/c1-9-5-6-11(17)7-10(9)8-20-13-4-2-3-12(16)14(13)15(18)19/h2-7H,8H2,1H3,(H3,18,19). The molecule has 0 radical (unpaired) electrons. The van der Waals surface area contributed by atoms with Crippen LogP contribution in [-0.2, 0) is 6.61 Å². The van der Waals surface area contributed by atoms with E-state index in [9.17, 15) is 4.39 Å². The van der Waals surface area contributed by atoms with E-state index in [1.807, 2.05) is 6.92 Å². The number of halogens is 2. The van der Waals surface area contributed by atoms with Crippen LogP contribution in [0.5, 0.6) is 5.75 Å². The molecule has 0 aliphatic heterocycles. The van der Waals surface area contributed by atoms with Crippen LogP contribution in [0.2, 0.25) is 5.02 Å². The van der Waals surface area contributed by atoms with Gasteiger partial charge in [0.25, 0.3) is 0 Å². The maximum atomic E-state index is 13.2. The Labute approximate surface area is 121 Å². The summed E-state index contributed by atoms with van der Waals surface area (Å²) in [5.74, 6) is -0.0673. The first kappa shape index (κ1) is 14.3. The first-order chi connectivity index (χ1) is 9.49. The number of nitrogen functional groups attached to an aromatic ring is 1. The zero-order valence-electron chi connectivity index (χ0n) is 10.9. The van der Waals surface area contributed by atoms with Gasteiger partial charge in [-0.1, -0.05) is 23.7 Å². The molecule has 0 saturated heterocycles. The summed E-state index contributed by atoms with van der Waals surface area (Å²) < 4.78 is 18.8. The Morgan fingerprint density at radius 1 is 1.35 bits per heavy atom. The second-order valence-corrected chi connectivity index (χ2v) is 4.79. The molecule has 2 aromatic carbocycles. The van der Waals surface area contributed by atoms with Crippen LogP contribution in [0, 0.1) is 18.2 Å². The highest BCUT2D eigenvalue weighted by Gasteiger charge is 2.11. The molecule has 0 amide bonds. The Kier molecular flexibility index (Phi) is 4.25. The Morgan fingerprint density at radius 3 is 2.80 bits per heavy atom. The zero-order valence-corrected chi connectivity index (χ0v) is 11.7. The monoisotopic (exact) mass is 292 g/mol. The van der Waals surface area contributed by atoms with Gasteiger partial charge in [0.2, 0.25) is 0 Å². The van der Waals surface area contributed by atoms with Crippen molar-refractivity contribution in [2.24, 2.45) is 5.73 Å². The number of hydrogen-bond acceptors (Lipinski definition) is 2. The highest BCUT2D eigenvalue weighted by molar-refractivity contribution is 6.34. The highest BCUT2D eigenvalue weighted by atomic mass is 35.5. The first-order valence-electron chi connectivity index (χ1n) is 6.00. The first-order valence-corrected chi connectivity index (χ1v) is 6.37. The smallest absolute Gasteiger partial charge is 0.132 e. The minimum Gasteiger partial charge on any atom is -0.488 e. The molecule has 0 fully saturated rings. The summed E-state index contributed by atoms with van der Waals surface area (Å²) in [6.07, 6.45) is 0. The van der Waals surface area contributed by atoms with E-state index in [1.54, 1.807) is 24.3 Å². The van der Waals surface area contributed by atoms with Crippen molar-refractivity contribution in [3.63, 3.8) is 0 Å². The van der Waals surface area contributed by atoms with Crippen molar-refractivity contribution >= 4 is 17.4 Å². The molecule has 0 unspecified atom stereocenters.